The van der Waals surface area contributed by atoms with E-state index in [1.807, 2.05) is 129 Å². The lowest BCUT2D eigenvalue weighted by Gasteiger charge is -2.45. The molecule has 344 valence electrons. The van der Waals surface area contributed by atoms with Crippen LogP contribution in [0.25, 0.3) is 33.4 Å². The third-order valence-electron chi connectivity index (χ3n) is 13.5. The molecule has 2 N–H and O–H groups in total. The van der Waals surface area contributed by atoms with E-state index in [0.717, 1.165) is 49.0 Å². The molecule has 0 heterocycles. The summed E-state index contributed by atoms with van der Waals surface area (Å²) in [7, 11) is 0. The van der Waals surface area contributed by atoms with Gasteiger partial charge in [0.05, 0.1) is 0 Å². The van der Waals surface area contributed by atoms with Crippen LogP contribution in [0, 0.1) is 13.8 Å². The lowest BCUT2D eigenvalue weighted by molar-refractivity contribution is 0.0747. The Balaban J connectivity index is 0.000000157. The lowest BCUT2D eigenvalue weighted by atomic mass is 9.63. The van der Waals surface area contributed by atoms with Crippen LogP contribution in [-0.4, -0.2) is 21.8 Å². The highest BCUT2D eigenvalue weighted by Gasteiger charge is 2.51. The van der Waals surface area contributed by atoms with Crippen LogP contribution in [0.4, 0.5) is 0 Å². The fourth-order valence-corrected chi connectivity index (χ4v) is 10.1. The first-order valence-corrected chi connectivity index (χ1v) is 24.4. The van der Waals surface area contributed by atoms with Gasteiger partial charge in [0.1, 0.15) is 11.2 Å². The zero-order valence-electron chi connectivity index (χ0n) is 39.3. The fourth-order valence-electron chi connectivity index (χ4n) is 9.85. The standard InChI is InChI=1S/C39H30O2.C15H10O2.C12H9Br/c1-27-16-25-36-37(26-27)39(41,33-23-19-31(20-24-33)29-12-6-3-7-13-29)35-15-9-8-14-34(35)38(36,40)32-21-17-30(18-22-32)28-10-4-2-5-11-28;1-9-6-7-12-13(8-9)15(17)11-5-3-2-4-10(11)14(12)16;13-12-8-6-11(7-9-12)10-4-2-1-3-5-10/h2-26,40-41H,1H3;2-8H,1H3;1-9H. The fraction of sp³-hybridized carbons (Fsp3) is 0.0606. The number of hydrogen-bond acceptors (Lipinski definition) is 4. The monoisotopic (exact) mass is 984 g/mol. The second-order valence-electron chi connectivity index (χ2n) is 18.0. The molecule has 4 nitrogen and oxygen atoms in total. The lowest BCUT2D eigenvalue weighted by Crippen LogP contribution is -2.44. The number of halogens is 1. The summed E-state index contributed by atoms with van der Waals surface area (Å²) in [5.74, 6) is -0.117. The largest absolute Gasteiger partial charge is 0.376 e. The Bertz CT molecular complexity index is 3540. The molecule has 71 heavy (non-hydrogen) atoms. The van der Waals surface area contributed by atoms with Crippen LogP contribution < -0.4 is 0 Å². The first kappa shape index (κ1) is 46.7. The highest BCUT2D eigenvalue weighted by atomic mass is 79.9. The van der Waals surface area contributed by atoms with Crippen LogP contribution in [0.15, 0.2) is 253 Å². The van der Waals surface area contributed by atoms with Crippen molar-refractivity contribution in [1.29, 1.82) is 0 Å². The van der Waals surface area contributed by atoms with E-state index in [1.54, 1.807) is 36.4 Å². The van der Waals surface area contributed by atoms with Gasteiger partial charge >= 0.3 is 0 Å². The molecule has 12 rings (SSSR count). The highest BCUT2D eigenvalue weighted by Crippen LogP contribution is 2.53. The second kappa shape index (κ2) is 19.7. The average Bonchev–Trinajstić information content (AvgIpc) is 3.43. The number of fused-ring (bicyclic) bond motifs is 4. The van der Waals surface area contributed by atoms with Gasteiger partial charge in [-0.2, -0.15) is 0 Å². The van der Waals surface area contributed by atoms with Gasteiger partial charge in [-0.05, 0) is 98.8 Å². The molecular formula is C66H49BrO4. The van der Waals surface area contributed by atoms with E-state index < -0.39 is 11.2 Å². The summed E-state index contributed by atoms with van der Waals surface area (Å²) < 4.78 is 1.12. The van der Waals surface area contributed by atoms with Crippen molar-refractivity contribution in [2.75, 3.05) is 0 Å². The number of ketones is 2. The van der Waals surface area contributed by atoms with Crippen LogP contribution in [0.3, 0.4) is 0 Å². The number of rotatable bonds is 5. The minimum atomic E-state index is -1.44. The van der Waals surface area contributed by atoms with Gasteiger partial charge in [0.25, 0.3) is 0 Å². The molecule has 2 atom stereocenters. The Kier molecular flexibility index (Phi) is 13.0. The first-order chi connectivity index (χ1) is 34.5. The van der Waals surface area contributed by atoms with E-state index in [9.17, 15) is 19.8 Å². The quantitative estimate of drug-likeness (QED) is 0.180. The summed E-state index contributed by atoms with van der Waals surface area (Å²) in [5.41, 5.74) is 12.4. The molecular weight excluding hydrogens is 937 g/mol. The maximum atomic E-state index is 12.8. The van der Waals surface area contributed by atoms with Gasteiger partial charge in [0.2, 0.25) is 0 Å². The second-order valence-corrected chi connectivity index (χ2v) is 18.9. The van der Waals surface area contributed by atoms with Crippen LogP contribution in [0.2, 0.25) is 0 Å². The predicted molar refractivity (Wildman–Crippen MR) is 290 cm³/mol. The predicted octanol–water partition coefficient (Wildman–Crippen LogP) is 15.1. The molecule has 5 heteroatoms. The van der Waals surface area contributed by atoms with E-state index in [-0.39, 0.29) is 11.6 Å². The van der Waals surface area contributed by atoms with Gasteiger partial charge in [0.15, 0.2) is 11.6 Å². The molecule has 2 unspecified atom stereocenters. The third-order valence-corrected chi connectivity index (χ3v) is 14.0. The number of hydrogen-bond donors (Lipinski definition) is 2. The number of aryl methyl sites for hydroxylation is 2. The van der Waals surface area contributed by atoms with Crippen molar-refractivity contribution in [3.63, 3.8) is 0 Å². The highest BCUT2D eigenvalue weighted by molar-refractivity contribution is 9.10. The van der Waals surface area contributed by atoms with Gasteiger partial charge in [-0.15, -0.1) is 0 Å². The van der Waals surface area contributed by atoms with Gasteiger partial charge in [-0.3, -0.25) is 9.59 Å². The van der Waals surface area contributed by atoms with Crippen LogP contribution >= 0.6 is 15.9 Å². The van der Waals surface area contributed by atoms with Crippen molar-refractivity contribution in [2.24, 2.45) is 0 Å². The molecule has 2 aliphatic carbocycles. The summed E-state index contributed by atoms with van der Waals surface area (Å²) in [5, 5.41) is 25.6. The maximum absolute atomic E-state index is 12.8. The summed E-state index contributed by atoms with van der Waals surface area (Å²) in [6.07, 6.45) is 0. The van der Waals surface area contributed by atoms with Crippen LogP contribution in [0.1, 0.15) is 76.4 Å². The van der Waals surface area contributed by atoms with E-state index >= 15 is 0 Å². The molecule has 0 saturated carbocycles. The summed E-state index contributed by atoms with van der Waals surface area (Å²) in [6.45, 7) is 3.94. The average molecular weight is 986 g/mol. The van der Waals surface area contributed by atoms with Crippen molar-refractivity contribution < 1.29 is 19.8 Å². The zero-order chi connectivity index (χ0) is 49.1. The molecule has 0 amide bonds. The topological polar surface area (TPSA) is 74.6 Å². The van der Waals surface area contributed by atoms with E-state index in [0.29, 0.717) is 44.5 Å². The Labute approximate surface area is 423 Å². The number of carbonyl (C=O) groups excluding carboxylic acids is 2. The molecule has 10 aromatic rings. The minimum absolute atomic E-state index is 0.0566. The number of carbonyl (C=O) groups is 2. The van der Waals surface area contributed by atoms with E-state index in [4.69, 9.17) is 0 Å². The van der Waals surface area contributed by atoms with Gasteiger partial charge in [-0.1, -0.05) is 258 Å². The summed E-state index contributed by atoms with van der Waals surface area (Å²) >= 11 is 3.42. The Hall–Kier alpha value is -8.06. The van der Waals surface area contributed by atoms with Crippen molar-refractivity contribution >= 4 is 27.5 Å². The molecule has 0 aromatic heterocycles. The van der Waals surface area contributed by atoms with E-state index in [2.05, 4.69) is 113 Å². The molecule has 0 spiro atoms. The van der Waals surface area contributed by atoms with E-state index in [1.165, 1.54) is 11.1 Å². The van der Waals surface area contributed by atoms with Crippen molar-refractivity contribution in [3.8, 4) is 33.4 Å². The first-order valence-electron chi connectivity index (χ1n) is 23.6. The summed E-state index contributed by atoms with van der Waals surface area (Å²) in [4.78, 5) is 24.5. The number of benzene rings is 10. The summed E-state index contributed by atoms with van der Waals surface area (Å²) in [6, 6.07) is 81.5. The molecule has 0 aliphatic heterocycles. The Morgan fingerprint density at radius 1 is 0.310 bits per heavy atom. The molecule has 2 aliphatic rings. The molecule has 0 fully saturated rings. The van der Waals surface area contributed by atoms with Crippen molar-refractivity contribution in [3.05, 3.63) is 320 Å². The van der Waals surface area contributed by atoms with Crippen LogP contribution in [-0.2, 0) is 11.2 Å². The molecule has 10 aromatic carbocycles. The normalized spacial score (nSPS) is 16.1. The van der Waals surface area contributed by atoms with Crippen LogP contribution in [0.5, 0.6) is 0 Å². The minimum Gasteiger partial charge on any atom is -0.376 e. The number of aliphatic hydroxyl groups is 2. The smallest absolute Gasteiger partial charge is 0.194 e. The molecule has 0 saturated heterocycles. The Morgan fingerprint density at radius 2 is 0.634 bits per heavy atom. The molecule has 0 bridgehead atoms. The van der Waals surface area contributed by atoms with Gasteiger partial charge < -0.3 is 10.2 Å². The van der Waals surface area contributed by atoms with Crippen molar-refractivity contribution in [1.82, 2.24) is 0 Å². The SMILES string of the molecule is Brc1ccc(-c2ccccc2)cc1.Cc1ccc2c(c1)C(=O)c1ccccc1C2=O.Cc1ccc2c(c1)C(O)(c1ccc(-c3ccccc3)cc1)c1ccccc1C2(O)c1ccc(-c2ccccc2)cc1. The Morgan fingerprint density at radius 3 is 1.10 bits per heavy atom. The maximum Gasteiger partial charge on any atom is 0.194 e. The zero-order valence-corrected chi connectivity index (χ0v) is 40.8. The third kappa shape index (κ3) is 8.92. The van der Waals surface area contributed by atoms with Crippen molar-refractivity contribution in [2.45, 2.75) is 25.0 Å². The molecule has 0 radical (unpaired) electrons. The van der Waals surface area contributed by atoms with Gasteiger partial charge in [-0.25, -0.2) is 0 Å². The van der Waals surface area contributed by atoms with Gasteiger partial charge in [0, 0.05) is 26.7 Å².